The molecule has 1 aromatic rings. The zero-order chi connectivity index (χ0) is 13.1. The number of halogens is 2. The molecule has 0 unspecified atom stereocenters. The molecule has 0 saturated carbocycles. The van der Waals surface area contributed by atoms with Gasteiger partial charge in [-0.1, -0.05) is 0 Å². The van der Waals surface area contributed by atoms with Crippen LogP contribution in [0.5, 0.6) is 0 Å². The molecule has 17 heavy (non-hydrogen) atoms. The Morgan fingerprint density at radius 1 is 1.41 bits per heavy atom. The van der Waals surface area contributed by atoms with Gasteiger partial charge in [-0.2, -0.15) is 0 Å². The van der Waals surface area contributed by atoms with Crippen LogP contribution in [-0.4, -0.2) is 20.7 Å². The van der Waals surface area contributed by atoms with Crippen molar-refractivity contribution >= 4 is 44.0 Å². The molecule has 0 aliphatic heterocycles. The molecule has 0 atom stereocenters. The summed E-state index contributed by atoms with van der Waals surface area (Å²) in [5.41, 5.74) is 6.56. The molecule has 0 aromatic heterocycles. The summed E-state index contributed by atoms with van der Waals surface area (Å²) in [6, 6.07) is 2.80. The van der Waals surface area contributed by atoms with E-state index in [-0.39, 0.29) is 11.6 Å². The van der Waals surface area contributed by atoms with Crippen molar-refractivity contribution in [1.82, 2.24) is 0 Å². The number of rotatable bonds is 5. The van der Waals surface area contributed by atoms with Gasteiger partial charge in [0, 0.05) is 12.6 Å². The lowest BCUT2D eigenvalue weighted by molar-refractivity contribution is 0.595. The number of nitrogen functional groups attached to an aromatic ring is 1. The first-order valence-electron chi connectivity index (χ1n) is 4.78. The van der Waals surface area contributed by atoms with E-state index in [4.69, 9.17) is 10.9 Å². The standard InChI is InChI=1S/C9H13FIN3O2S/c10-6-4-9(8(12)5-7(6)11)14-2-1-3-17(13,15)16/h4-5,14H,1-3,12H2,(H2,13,15,16). The lowest BCUT2D eigenvalue weighted by atomic mass is 10.2. The molecule has 0 heterocycles. The predicted octanol–water partition coefficient (Wildman–Crippen LogP) is 1.10. The summed E-state index contributed by atoms with van der Waals surface area (Å²) in [6.07, 6.45) is 0.339. The molecule has 0 aliphatic rings. The van der Waals surface area contributed by atoms with Crippen molar-refractivity contribution in [3.8, 4) is 0 Å². The molecular weight excluding hydrogens is 360 g/mol. The van der Waals surface area contributed by atoms with Crippen LogP contribution in [0.15, 0.2) is 12.1 Å². The van der Waals surface area contributed by atoms with Crippen molar-refractivity contribution in [2.75, 3.05) is 23.3 Å². The van der Waals surface area contributed by atoms with Gasteiger partial charge in [-0.25, -0.2) is 17.9 Å². The van der Waals surface area contributed by atoms with Gasteiger partial charge in [-0.15, -0.1) is 0 Å². The van der Waals surface area contributed by atoms with E-state index < -0.39 is 10.0 Å². The van der Waals surface area contributed by atoms with Crippen LogP contribution in [0.2, 0.25) is 0 Å². The molecule has 0 aliphatic carbocycles. The number of hydrogen-bond donors (Lipinski definition) is 3. The van der Waals surface area contributed by atoms with E-state index in [1.807, 2.05) is 22.6 Å². The van der Waals surface area contributed by atoms with E-state index in [2.05, 4.69) is 5.32 Å². The predicted molar refractivity (Wildman–Crippen MR) is 74.6 cm³/mol. The fourth-order valence-corrected chi connectivity index (χ4v) is 2.25. The van der Waals surface area contributed by atoms with Crippen molar-refractivity contribution in [3.63, 3.8) is 0 Å². The van der Waals surface area contributed by atoms with Crippen LogP contribution in [0.1, 0.15) is 6.42 Å². The molecule has 0 bridgehead atoms. The van der Waals surface area contributed by atoms with Crippen LogP contribution in [0.25, 0.3) is 0 Å². The third kappa shape index (κ3) is 5.04. The molecule has 0 fully saturated rings. The van der Waals surface area contributed by atoms with E-state index in [1.165, 1.54) is 12.1 Å². The van der Waals surface area contributed by atoms with E-state index in [0.29, 0.717) is 27.9 Å². The minimum absolute atomic E-state index is 0.118. The number of benzene rings is 1. The van der Waals surface area contributed by atoms with Crippen molar-refractivity contribution in [3.05, 3.63) is 21.5 Å². The Bertz CT molecular complexity index is 507. The van der Waals surface area contributed by atoms with Crippen LogP contribution < -0.4 is 16.2 Å². The smallest absolute Gasteiger partial charge is 0.209 e. The zero-order valence-corrected chi connectivity index (χ0v) is 11.9. The third-order valence-electron chi connectivity index (χ3n) is 2.01. The highest BCUT2D eigenvalue weighted by atomic mass is 127. The number of nitrogens with two attached hydrogens (primary N) is 2. The molecule has 5 nitrogen and oxygen atoms in total. The van der Waals surface area contributed by atoms with Crippen LogP contribution in [0, 0.1) is 9.39 Å². The molecule has 5 N–H and O–H groups in total. The van der Waals surface area contributed by atoms with E-state index in [9.17, 15) is 12.8 Å². The highest BCUT2D eigenvalue weighted by Gasteiger charge is 2.06. The summed E-state index contributed by atoms with van der Waals surface area (Å²) in [6.45, 7) is 0.362. The Hall–Kier alpha value is -0.610. The number of anilines is 2. The molecule has 0 saturated heterocycles. The Morgan fingerprint density at radius 2 is 2.06 bits per heavy atom. The summed E-state index contributed by atoms with van der Waals surface area (Å²) in [4.78, 5) is 0. The number of primary sulfonamides is 1. The maximum absolute atomic E-state index is 13.2. The monoisotopic (exact) mass is 373 g/mol. The average molecular weight is 373 g/mol. The van der Waals surface area contributed by atoms with Gasteiger partial charge < -0.3 is 11.1 Å². The average Bonchev–Trinajstić information content (AvgIpc) is 2.18. The maximum Gasteiger partial charge on any atom is 0.209 e. The normalized spacial score (nSPS) is 11.5. The maximum atomic E-state index is 13.2. The first-order chi connectivity index (χ1) is 7.79. The Balaban J connectivity index is 2.55. The second-order valence-electron chi connectivity index (χ2n) is 3.50. The van der Waals surface area contributed by atoms with Gasteiger partial charge in [-0.05, 0) is 35.1 Å². The molecular formula is C9H13FIN3O2S. The SMILES string of the molecule is Nc1cc(I)c(F)cc1NCCCS(N)(=O)=O. The highest BCUT2D eigenvalue weighted by molar-refractivity contribution is 14.1. The van der Waals surface area contributed by atoms with E-state index >= 15 is 0 Å². The quantitative estimate of drug-likeness (QED) is 0.409. The summed E-state index contributed by atoms with van der Waals surface area (Å²) >= 11 is 1.84. The van der Waals surface area contributed by atoms with Crippen LogP contribution >= 0.6 is 22.6 Å². The summed E-state index contributed by atoms with van der Waals surface area (Å²) in [7, 11) is -3.45. The number of hydrogen-bond acceptors (Lipinski definition) is 4. The fraction of sp³-hybridized carbons (Fsp3) is 0.333. The molecule has 0 amide bonds. The van der Waals surface area contributed by atoms with Crippen molar-refractivity contribution in [2.24, 2.45) is 5.14 Å². The largest absolute Gasteiger partial charge is 0.397 e. The lowest BCUT2D eigenvalue weighted by Crippen LogP contribution is -2.18. The summed E-state index contributed by atoms with van der Waals surface area (Å²) in [5, 5.41) is 7.71. The van der Waals surface area contributed by atoms with Crippen LogP contribution in [0.3, 0.4) is 0 Å². The molecule has 1 rings (SSSR count). The van der Waals surface area contributed by atoms with Gasteiger partial charge in [0.25, 0.3) is 0 Å². The van der Waals surface area contributed by atoms with Gasteiger partial charge in [-0.3, -0.25) is 0 Å². The van der Waals surface area contributed by atoms with Crippen molar-refractivity contribution in [2.45, 2.75) is 6.42 Å². The Labute approximate surface area is 113 Å². The first kappa shape index (κ1) is 14.5. The van der Waals surface area contributed by atoms with Gasteiger partial charge >= 0.3 is 0 Å². The number of nitrogens with one attached hydrogen (secondary N) is 1. The van der Waals surface area contributed by atoms with Crippen molar-refractivity contribution < 1.29 is 12.8 Å². The van der Waals surface area contributed by atoms with Gasteiger partial charge in [0.05, 0.1) is 20.7 Å². The molecule has 1 aromatic carbocycles. The Kier molecular flexibility index (Phi) is 4.95. The van der Waals surface area contributed by atoms with Gasteiger partial charge in [0.1, 0.15) is 5.82 Å². The summed E-state index contributed by atoms with van der Waals surface area (Å²) in [5.74, 6) is -0.485. The third-order valence-corrected chi connectivity index (χ3v) is 3.70. The van der Waals surface area contributed by atoms with E-state index in [1.54, 1.807) is 0 Å². The van der Waals surface area contributed by atoms with E-state index in [0.717, 1.165) is 0 Å². The Morgan fingerprint density at radius 3 is 2.65 bits per heavy atom. The van der Waals surface area contributed by atoms with Crippen molar-refractivity contribution in [1.29, 1.82) is 0 Å². The fourth-order valence-electron chi connectivity index (χ4n) is 1.21. The minimum Gasteiger partial charge on any atom is -0.397 e. The summed E-state index contributed by atoms with van der Waals surface area (Å²) < 4.78 is 35.0. The molecule has 0 radical (unpaired) electrons. The van der Waals surface area contributed by atoms with Gasteiger partial charge in [0.15, 0.2) is 0 Å². The second kappa shape index (κ2) is 5.83. The molecule has 0 spiro atoms. The first-order valence-corrected chi connectivity index (χ1v) is 7.58. The highest BCUT2D eigenvalue weighted by Crippen LogP contribution is 2.23. The second-order valence-corrected chi connectivity index (χ2v) is 6.40. The minimum atomic E-state index is -3.45. The topological polar surface area (TPSA) is 98.2 Å². The van der Waals surface area contributed by atoms with Crippen LogP contribution in [-0.2, 0) is 10.0 Å². The number of sulfonamides is 1. The van der Waals surface area contributed by atoms with Crippen LogP contribution in [0.4, 0.5) is 15.8 Å². The zero-order valence-electron chi connectivity index (χ0n) is 8.91. The van der Waals surface area contributed by atoms with Gasteiger partial charge in [0.2, 0.25) is 10.0 Å². The molecule has 8 heteroatoms. The molecule has 96 valence electrons. The lowest BCUT2D eigenvalue weighted by Gasteiger charge is -2.09.